The maximum Gasteiger partial charge on any atom is 0.338 e. The van der Waals surface area contributed by atoms with Crippen molar-refractivity contribution in [1.82, 2.24) is 4.90 Å². The number of rotatable bonds is 9. The van der Waals surface area contributed by atoms with Crippen molar-refractivity contribution >= 4 is 39.4 Å². The van der Waals surface area contributed by atoms with Crippen LogP contribution in [0.25, 0.3) is 0 Å². The zero-order valence-corrected chi connectivity index (χ0v) is 24.2. The van der Waals surface area contributed by atoms with Crippen LogP contribution < -0.4 is 10.0 Å². The summed E-state index contributed by atoms with van der Waals surface area (Å²) in [6.45, 7) is 10.1. The number of sulfonamides is 1. The lowest BCUT2D eigenvalue weighted by Gasteiger charge is -2.29. The average molecular weight is 570 g/mol. The SMILES string of the molecule is CCOC(=O)c1ccc(N2C(=O)CC(N(CCc3ccc(S(N)(=O)=O)cc3)C(=O)C3C(C)(C)C3(C)C)C2=O)cc1. The fourth-order valence-electron chi connectivity index (χ4n) is 5.59. The largest absolute Gasteiger partial charge is 0.462 e. The Morgan fingerprint density at radius 2 is 1.57 bits per heavy atom. The molecule has 10 nitrogen and oxygen atoms in total. The van der Waals surface area contributed by atoms with E-state index in [4.69, 9.17) is 9.88 Å². The summed E-state index contributed by atoms with van der Waals surface area (Å²) in [5.41, 5.74) is 0.789. The van der Waals surface area contributed by atoms with E-state index < -0.39 is 33.8 Å². The van der Waals surface area contributed by atoms with Crippen LogP contribution in [0.15, 0.2) is 53.4 Å². The number of nitrogens with two attached hydrogens (primary N) is 1. The number of benzene rings is 2. The molecular formula is C29H35N3O7S. The molecule has 1 unspecified atom stereocenters. The van der Waals surface area contributed by atoms with Gasteiger partial charge in [-0.1, -0.05) is 39.8 Å². The quantitative estimate of drug-likeness (QED) is 0.361. The molecule has 1 aliphatic carbocycles. The van der Waals surface area contributed by atoms with Crippen molar-refractivity contribution in [3.63, 3.8) is 0 Å². The summed E-state index contributed by atoms with van der Waals surface area (Å²) in [6.07, 6.45) is 0.179. The summed E-state index contributed by atoms with van der Waals surface area (Å²) < 4.78 is 28.2. The van der Waals surface area contributed by atoms with Gasteiger partial charge in [-0.15, -0.1) is 0 Å². The molecule has 0 bridgehead atoms. The van der Waals surface area contributed by atoms with Gasteiger partial charge in [0.15, 0.2) is 0 Å². The number of carbonyl (C=O) groups excluding carboxylic acids is 4. The lowest BCUT2D eigenvalue weighted by atomic mass is 10.0. The van der Waals surface area contributed by atoms with Gasteiger partial charge in [0.25, 0.3) is 5.91 Å². The van der Waals surface area contributed by atoms with Gasteiger partial charge in [0.2, 0.25) is 21.8 Å². The Balaban J connectivity index is 1.59. The smallest absolute Gasteiger partial charge is 0.338 e. The van der Waals surface area contributed by atoms with Crippen LogP contribution in [0, 0.1) is 16.7 Å². The number of carbonyl (C=O) groups is 4. The summed E-state index contributed by atoms with van der Waals surface area (Å²) in [6, 6.07) is 11.0. The third-order valence-electron chi connectivity index (χ3n) is 8.58. The molecule has 4 rings (SSSR count). The highest BCUT2D eigenvalue weighted by atomic mass is 32.2. The third kappa shape index (κ3) is 5.27. The first-order valence-electron chi connectivity index (χ1n) is 13.2. The molecule has 1 saturated heterocycles. The van der Waals surface area contributed by atoms with Gasteiger partial charge in [0.05, 0.1) is 29.2 Å². The average Bonchev–Trinajstić information content (AvgIpc) is 3.11. The van der Waals surface area contributed by atoms with E-state index in [1.54, 1.807) is 19.1 Å². The van der Waals surface area contributed by atoms with Crippen molar-refractivity contribution in [3.05, 3.63) is 59.7 Å². The second kappa shape index (κ2) is 10.4. The number of hydrogen-bond donors (Lipinski definition) is 1. The van der Waals surface area contributed by atoms with Gasteiger partial charge in [0, 0.05) is 12.5 Å². The van der Waals surface area contributed by atoms with Crippen molar-refractivity contribution < 1.29 is 32.3 Å². The number of ether oxygens (including phenoxy) is 1. The van der Waals surface area contributed by atoms with Gasteiger partial charge >= 0.3 is 5.97 Å². The van der Waals surface area contributed by atoms with Crippen LogP contribution in [0.5, 0.6) is 0 Å². The minimum atomic E-state index is -3.84. The Morgan fingerprint density at radius 1 is 1.00 bits per heavy atom. The van der Waals surface area contributed by atoms with Gasteiger partial charge in [-0.05, 0) is 66.1 Å². The second-order valence-corrected chi connectivity index (χ2v) is 13.0. The molecule has 1 saturated carbocycles. The Morgan fingerprint density at radius 3 is 2.08 bits per heavy atom. The molecule has 2 N–H and O–H groups in total. The first-order chi connectivity index (χ1) is 18.6. The van der Waals surface area contributed by atoms with Crippen LogP contribution >= 0.6 is 0 Å². The molecule has 3 amide bonds. The Kier molecular flexibility index (Phi) is 7.68. The summed E-state index contributed by atoms with van der Waals surface area (Å²) in [5, 5.41) is 5.19. The van der Waals surface area contributed by atoms with Gasteiger partial charge in [-0.25, -0.2) is 23.3 Å². The van der Waals surface area contributed by atoms with E-state index >= 15 is 0 Å². The molecule has 1 atom stereocenters. The number of anilines is 1. The molecule has 2 fully saturated rings. The fourth-order valence-corrected chi connectivity index (χ4v) is 6.10. The number of hydrogen-bond acceptors (Lipinski definition) is 7. The molecule has 0 aromatic heterocycles. The number of nitrogens with zero attached hydrogens (tertiary/aromatic N) is 2. The van der Waals surface area contributed by atoms with Crippen LogP contribution in [0.1, 0.15) is 57.0 Å². The molecule has 40 heavy (non-hydrogen) atoms. The molecular weight excluding hydrogens is 534 g/mol. The highest BCUT2D eigenvalue weighted by molar-refractivity contribution is 7.89. The van der Waals surface area contributed by atoms with Gasteiger partial charge < -0.3 is 9.64 Å². The van der Waals surface area contributed by atoms with Crippen molar-refractivity contribution in [2.75, 3.05) is 18.1 Å². The normalized spacial score (nSPS) is 19.9. The van der Waals surface area contributed by atoms with E-state index in [0.717, 1.165) is 10.5 Å². The van der Waals surface area contributed by atoms with Crippen LogP contribution in [0.3, 0.4) is 0 Å². The van der Waals surface area contributed by atoms with Crippen LogP contribution in [-0.4, -0.2) is 56.2 Å². The number of imide groups is 1. The predicted octanol–water partition coefficient (Wildman–Crippen LogP) is 2.90. The molecule has 1 heterocycles. The molecule has 214 valence electrons. The summed E-state index contributed by atoms with van der Waals surface area (Å²) in [4.78, 5) is 55.2. The van der Waals surface area contributed by atoms with Gasteiger partial charge in [-0.3, -0.25) is 14.4 Å². The predicted molar refractivity (Wildman–Crippen MR) is 148 cm³/mol. The number of amides is 3. The molecule has 1 aliphatic heterocycles. The standard InChI is InChI=1S/C29H35N3O7S/c1-6-39-27(36)19-9-11-20(12-10-19)32-23(33)17-22(25(32)34)31(26(35)24-28(2,3)29(24,4)5)16-15-18-7-13-21(14-8-18)40(30,37)38/h7-14,22,24H,6,15-17H2,1-5H3,(H2,30,37,38). The Hall–Kier alpha value is -3.57. The maximum absolute atomic E-state index is 13.9. The van der Waals surface area contributed by atoms with Crippen molar-refractivity contribution in [2.24, 2.45) is 21.9 Å². The molecule has 11 heteroatoms. The van der Waals surface area contributed by atoms with E-state index in [-0.39, 0.29) is 47.1 Å². The van der Waals surface area contributed by atoms with E-state index in [2.05, 4.69) is 0 Å². The fraction of sp³-hybridized carbons (Fsp3) is 0.448. The maximum atomic E-state index is 13.9. The zero-order valence-electron chi connectivity index (χ0n) is 23.3. The molecule has 2 aromatic carbocycles. The van der Waals surface area contributed by atoms with E-state index in [0.29, 0.717) is 17.7 Å². The highest BCUT2D eigenvalue weighted by Crippen LogP contribution is 2.69. The monoisotopic (exact) mass is 569 g/mol. The Labute approximate surface area is 234 Å². The summed E-state index contributed by atoms with van der Waals surface area (Å²) in [7, 11) is -3.84. The van der Waals surface area contributed by atoms with Crippen LogP contribution in [-0.2, 0) is 35.6 Å². The van der Waals surface area contributed by atoms with Crippen molar-refractivity contribution in [3.8, 4) is 0 Å². The zero-order chi connectivity index (χ0) is 29.6. The van der Waals surface area contributed by atoms with Gasteiger partial charge in [0.1, 0.15) is 6.04 Å². The van der Waals surface area contributed by atoms with E-state index in [1.165, 1.54) is 41.3 Å². The van der Waals surface area contributed by atoms with Crippen molar-refractivity contribution in [2.45, 2.75) is 58.4 Å². The molecule has 2 aliphatic rings. The number of primary sulfonamides is 1. The summed E-state index contributed by atoms with van der Waals surface area (Å²) >= 11 is 0. The molecule has 2 aromatic rings. The van der Waals surface area contributed by atoms with Crippen LogP contribution in [0.4, 0.5) is 5.69 Å². The lowest BCUT2D eigenvalue weighted by molar-refractivity contribution is -0.140. The van der Waals surface area contributed by atoms with Gasteiger partial charge in [-0.2, -0.15) is 0 Å². The minimum absolute atomic E-state index is 0.0214. The topological polar surface area (TPSA) is 144 Å². The Bertz CT molecular complexity index is 1430. The van der Waals surface area contributed by atoms with Crippen LogP contribution in [0.2, 0.25) is 0 Å². The first kappa shape index (κ1) is 29.4. The van der Waals surface area contributed by atoms with Crippen molar-refractivity contribution in [1.29, 1.82) is 0 Å². The molecule has 0 radical (unpaired) electrons. The summed E-state index contributed by atoms with van der Waals surface area (Å²) in [5.74, 6) is -1.98. The third-order valence-corrected chi connectivity index (χ3v) is 9.51. The first-order valence-corrected chi connectivity index (χ1v) is 14.7. The number of esters is 1. The highest BCUT2D eigenvalue weighted by Gasteiger charge is 2.69. The second-order valence-electron chi connectivity index (χ2n) is 11.4. The molecule has 0 spiro atoms. The minimum Gasteiger partial charge on any atom is -0.462 e. The lowest BCUT2D eigenvalue weighted by Crippen LogP contribution is -2.47. The van der Waals surface area contributed by atoms with E-state index in [1.807, 2.05) is 27.7 Å². The van der Waals surface area contributed by atoms with E-state index in [9.17, 15) is 27.6 Å².